The Bertz CT molecular complexity index is 540. The molecule has 0 aromatic heterocycles. The number of methoxy groups -OCH3 is 1. The molecule has 21 heavy (non-hydrogen) atoms. The predicted molar refractivity (Wildman–Crippen MR) is 88.2 cm³/mol. The summed E-state index contributed by atoms with van der Waals surface area (Å²) in [4.78, 5) is 0. The molecular formula is C15H21BCl2O3. The van der Waals surface area contributed by atoms with Crippen LogP contribution < -0.4 is 10.2 Å². The molecule has 0 unspecified atom stereocenters. The second kappa shape index (κ2) is 5.34. The molecule has 1 aliphatic rings. The number of hydrogen-bond acceptors (Lipinski definition) is 3. The fourth-order valence-electron chi connectivity index (χ4n) is 2.45. The predicted octanol–water partition coefficient (Wildman–Crippen LogP) is 3.92. The molecule has 0 radical (unpaired) electrons. The number of halogens is 2. The Morgan fingerprint density at radius 1 is 0.905 bits per heavy atom. The largest absolute Gasteiger partial charge is 0.495 e. The zero-order valence-electron chi connectivity index (χ0n) is 13.6. The Kier molecular flexibility index (Phi) is 4.31. The molecule has 6 heteroatoms. The Hall–Kier alpha value is -0.415. The minimum Gasteiger partial charge on any atom is -0.494 e. The standard InChI is InChI=1S/C15H21BCl2O3/c1-8-10(9(2)12(18)13(19-7)11(8)17)16-20-14(3,4)15(5,6)21-16/h1-7H3. The van der Waals surface area contributed by atoms with Crippen LogP contribution in [0.3, 0.4) is 0 Å². The average Bonchev–Trinajstić information content (AvgIpc) is 2.57. The number of ether oxygens (including phenoxy) is 1. The van der Waals surface area contributed by atoms with Crippen LogP contribution in [-0.2, 0) is 9.31 Å². The fraction of sp³-hybridized carbons (Fsp3) is 0.600. The van der Waals surface area contributed by atoms with Gasteiger partial charge < -0.3 is 14.0 Å². The normalized spacial score (nSPS) is 20.0. The van der Waals surface area contributed by atoms with Crippen molar-refractivity contribution in [2.45, 2.75) is 52.7 Å². The van der Waals surface area contributed by atoms with Gasteiger partial charge >= 0.3 is 7.12 Å². The van der Waals surface area contributed by atoms with Crippen LogP contribution >= 0.6 is 23.2 Å². The van der Waals surface area contributed by atoms with E-state index in [-0.39, 0.29) is 0 Å². The molecule has 1 fully saturated rings. The zero-order valence-corrected chi connectivity index (χ0v) is 15.1. The van der Waals surface area contributed by atoms with Gasteiger partial charge in [0.25, 0.3) is 0 Å². The van der Waals surface area contributed by atoms with E-state index >= 15 is 0 Å². The van der Waals surface area contributed by atoms with Crippen molar-refractivity contribution >= 4 is 35.8 Å². The maximum absolute atomic E-state index is 6.38. The van der Waals surface area contributed by atoms with Crippen molar-refractivity contribution < 1.29 is 14.0 Å². The summed E-state index contributed by atoms with van der Waals surface area (Å²) >= 11 is 12.8. The molecule has 0 atom stereocenters. The van der Waals surface area contributed by atoms with Crippen molar-refractivity contribution in [3.8, 4) is 5.75 Å². The van der Waals surface area contributed by atoms with Crippen molar-refractivity contribution in [1.29, 1.82) is 0 Å². The smallest absolute Gasteiger partial charge is 0.494 e. The number of rotatable bonds is 2. The molecule has 3 nitrogen and oxygen atoms in total. The van der Waals surface area contributed by atoms with Gasteiger partial charge in [-0.1, -0.05) is 23.2 Å². The first kappa shape index (κ1) is 16.9. The molecule has 2 rings (SSSR count). The molecule has 1 saturated heterocycles. The van der Waals surface area contributed by atoms with Crippen molar-refractivity contribution in [2.75, 3.05) is 7.11 Å². The fourth-order valence-corrected chi connectivity index (χ4v) is 3.04. The van der Waals surface area contributed by atoms with Gasteiger partial charge in [-0.3, -0.25) is 0 Å². The summed E-state index contributed by atoms with van der Waals surface area (Å²) in [5, 5.41) is 0.996. The molecule has 0 N–H and O–H groups in total. The molecule has 0 saturated carbocycles. The van der Waals surface area contributed by atoms with E-state index < -0.39 is 18.3 Å². The summed E-state index contributed by atoms with van der Waals surface area (Å²) in [7, 11) is 1.07. The highest BCUT2D eigenvalue weighted by atomic mass is 35.5. The Morgan fingerprint density at radius 3 is 1.62 bits per heavy atom. The topological polar surface area (TPSA) is 27.7 Å². The van der Waals surface area contributed by atoms with E-state index in [9.17, 15) is 0 Å². The molecule has 0 bridgehead atoms. The molecule has 0 amide bonds. The number of benzene rings is 1. The van der Waals surface area contributed by atoms with Crippen LogP contribution in [0.25, 0.3) is 0 Å². The highest BCUT2D eigenvalue weighted by Gasteiger charge is 2.52. The van der Waals surface area contributed by atoms with E-state index in [1.54, 1.807) is 7.11 Å². The maximum atomic E-state index is 6.38. The van der Waals surface area contributed by atoms with Gasteiger partial charge in [-0.2, -0.15) is 0 Å². The summed E-state index contributed by atoms with van der Waals surface area (Å²) in [5.41, 5.74) is 1.80. The van der Waals surface area contributed by atoms with Gasteiger partial charge in [-0.15, -0.1) is 0 Å². The van der Waals surface area contributed by atoms with Crippen LogP contribution in [-0.4, -0.2) is 25.4 Å². The molecule has 1 heterocycles. The van der Waals surface area contributed by atoms with E-state index in [0.717, 1.165) is 16.6 Å². The first-order chi connectivity index (χ1) is 9.53. The van der Waals surface area contributed by atoms with E-state index in [0.29, 0.717) is 15.8 Å². The second-order valence-electron chi connectivity index (χ2n) is 6.41. The molecule has 1 aromatic rings. The third-order valence-corrected chi connectivity index (χ3v) is 5.47. The summed E-state index contributed by atoms with van der Waals surface area (Å²) in [6.45, 7) is 11.9. The van der Waals surface area contributed by atoms with Crippen molar-refractivity contribution in [3.63, 3.8) is 0 Å². The van der Waals surface area contributed by atoms with E-state index in [1.807, 2.05) is 41.5 Å². The monoisotopic (exact) mass is 330 g/mol. The molecule has 0 aliphatic carbocycles. The molecule has 1 aromatic carbocycles. The van der Waals surface area contributed by atoms with Gasteiger partial charge in [0.05, 0.1) is 28.4 Å². The summed E-state index contributed by atoms with van der Waals surface area (Å²) < 4.78 is 17.5. The van der Waals surface area contributed by atoms with Gasteiger partial charge in [0, 0.05) is 0 Å². The Labute approximate surface area is 137 Å². The molecule has 1 aliphatic heterocycles. The molecule has 0 spiro atoms. The lowest BCUT2D eigenvalue weighted by atomic mass is 9.73. The van der Waals surface area contributed by atoms with E-state index in [2.05, 4.69) is 0 Å². The van der Waals surface area contributed by atoms with Gasteiger partial charge in [-0.25, -0.2) is 0 Å². The highest BCUT2D eigenvalue weighted by molar-refractivity contribution is 6.64. The van der Waals surface area contributed by atoms with Crippen molar-refractivity contribution in [3.05, 3.63) is 21.2 Å². The van der Waals surface area contributed by atoms with Crippen LogP contribution in [0.2, 0.25) is 10.0 Å². The third-order valence-electron chi connectivity index (χ3n) is 4.56. The minimum atomic E-state index is -0.490. The third kappa shape index (κ3) is 2.57. The minimum absolute atomic E-state index is 0.407. The van der Waals surface area contributed by atoms with Crippen LogP contribution in [0.5, 0.6) is 5.75 Å². The van der Waals surface area contributed by atoms with Gasteiger partial charge in [0.15, 0.2) is 5.75 Å². The maximum Gasteiger partial charge on any atom is 0.495 e. The quantitative estimate of drug-likeness (QED) is 0.769. The number of hydrogen-bond donors (Lipinski definition) is 0. The molecular weight excluding hydrogens is 310 g/mol. The van der Waals surface area contributed by atoms with Crippen LogP contribution in [0.1, 0.15) is 38.8 Å². The van der Waals surface area contributed by atoms with E-state index in [1.165, 1.54) is 0 Å². The van der Waals surface area contributed by atoms with Crippen LogP contribution in [0.4, 0.5) is 0 Å². The summed E-state index contributed by atoms with van der Waals surface area (Å²) in [6, 6.07) is 0. The first-order valence-corrected chi connectivity index (χ1v) is 7.66. The molecule has 116 valence electrons. The first-order valence-electron chi connectivity index (χ1n) is 6.91. The Morgan fingerprint density at radius 2 is 1.29 bits per heavy atom. The van der Waals surface area contributed by atoms with Crippen LogP contribution in [0.15, 0.2) is 0 Å². The van der Waals surface area contributed by atoms with Crippen molar-refractivity contribution in [1.82, 2.24) is 0 Å². The average molecular weight is 331 g/mol. The lowest BCUT2D eigenvalue weighted by Crippen LogP contribution is -2.41. The van der Waals surface area contributed by atoms with Gasteiger partial charge in [0.1, 0.15) is 0 Å². The lowest BCUT2D eigenvalue weighted by molar-refractivity contribution is 0.00578. The van der Waals surface area contributed by atoms with Gasteiger partial charge in [-0.05, 0) is 58.1 Å². The SMILES string of the molecule is COc1c(Cl)c(C)c(B2OC(C)(C)C(C)(C)O2)c(C)c1Cl. The Balaban J connectivity index is 2.57. The lowest BCUT2D eigenvalue weighted by Gasteiger charge is -2.32. The van der Waals surface area contributed by atoms with Gasteiger partial charge in [0.2, 0.25) is 0 Å². The highest BCUT2D eigenvalue weighted by Crippen LogP contribution is 2.41. The van der Waals surface area contributed by atoms with E-state index in [4.69, 9.17) is 37.2 Å². The zero-order chi connectivity index (χ0) is 16.2. The summed E-state index contributed by atoms with van der Waals surface area (Å²) in [5.74, 6) is 0.494. The van der Waals surface area contributed by atoms with Crippen LogP contribution in [0, 0.1) is 13.8 Å². The summed E-state index contributed by atoms with van der Waals surface area (Å²) in [6.07, 6.45) is 0. The second-order valence-corrected chi connectivity index (χ2v) is 7.17. The van der Waals surface area contributed by atoms with Crippen molar-refractivity contribution in [2.24, 2.45) is 0 Å².